The molecule has 2 aromatic rings. The van der Waals surface area contributed by atoms with Gasteiger partial charge in [0.05, 0.1) is 10.0 Å². The van der Waals surface area contributed by atoms with Crippen molar-refractivity contribution in [2.24, 2.45) is 0 Å². The van der Waals surface area contributed by atoms with Gasteiger partial charge in [-0.25, -0.2) is 4.39 Å². The van der Waals surface area contributed by atoms with Gasteiger partial charge in [-0.1, -0.05) is 23.8 Å². The molecule has 0 bridgehead atoms. The lowest BCUT2D eigenvalue weighted by Gasteiger charge is -2.10. The summed E-state index contributed by atoms with van der Waals surface area (Å²) in [7, 11) is 0. The molecule has 98 valence electrons. The van der Waals surface area contributed by atoms with Gasteiger partial charge < -0.3 is 4.74 Å². The van der Waals surface area contributed by atoms with Crippen LogP contribution >= 0.6 is 15.9 Å². The van der Waals surface area contributed by atoms with Crippen molar-refractivity contribution in [2.75, 3.05) is 0 Å². The molecule has 19 heavy (non-hydrogen) atoms. The predicted octanol–water partition coefficient (Wildman–Crippen LogP) is 4.29. The van der Waals surface area contributed by atoms with Crippen molar-refractivity contribution in [2.45, 2.75) is 13.5 Å². The highest BCUT2D eigenvalue weighted by Crippen LogP contribution is 2.24. The molecule has 0 unspecified atom stereocenters. The molecule has 2 aromatic carbocycles. The van der Waals surface area contributed by atoms with Crippen LogP contribution in [-0.2, 0) is 6.61 Å². The first kappa shape index (κ1) is 13.7. The van der Waals surface area contributed by atoms with Gasteiger partial charge in [0.15, 0.2) is 6.29 Å². The summed E-state index contributed by atoms with van der Waals surface area (Å²) in [6, 6.07) is 10.1. The van der Waals surface area contributed by atoms with Gasteiger partial charge in [-0.15, -0.1) is 0 Å². The number of aryl methyl sites for hydroxylation is 1. The number of benzene rings is 2. The second-order valence-corrected chi connectivity index (χ2v) is 4.95. The molecule has 0 aliphatic carbocycles. The van der Waals surface area contributed by atoms with E-state index in [1.165, 1.54) is 6.07 Å². The van der Waals surface area contributed by atoms with Crippen molar-refractivity contribution in [1.82, 2.24) is 0 Å². The minimum absolute atomic E-state index is 0.197. The smallest absolute Gasteiger partial charge is 0.153 e. The Morgan fingerprint density at radius 2 is 2.11 bits per heavy atom. The third-order valence-corrected chi connectivity index (χ3v) is 3.60. The van der Waals surface area contributed by atoms with Gasteiger partial charge in [-0.05, 0) is 41.1 Å². The SMILES string of the molecule is Cc1ccc(OCc2cccc(F)c2Br)c(C=O)c1. The maximum atomic E-state index is 13.3. The van der Waals surface area contributed by atoms with Gasteiger partial charge in [-0.2, -0.15) is 0 Å². The molecule has 0 radical (unpaired) electrons. The Labute approximate surface area is 119 Å². The molecule has 0 aliphatic heterocycles. The zero-order chi connectivity index (χ0) is 13.8. The van der Waals surface area contributed by atoms with E-state index in [0.717, 1.165) is 11.8 Å². The van der Waals surface area contributed by atoms with E-state index < -0.39 is 0 Å². The Morgan fingerprint density at radius 3 is 2.84 bits per heavy atom. The summed E-state index contributed by atoms with van der Waals surface area (Å²) in [4.78, 5) is 11.0. The minimum Gasteiger partial charge on any atom is -0.488 e. The molecule has 0 saturated carbocycles. The van der Waals surface area contributed by atoms with E-state index in [-0.39, 0.29) is 12.4 Å². The Hall–Kier alpha value is -1.68. The van der Waals surface area contributed by atoms with Crippen LogP contribution in [0.25, 0.3) is 0 Å². The van der Waals surface area contributed by atoms with Crippen molar-refractivity contribution in [1.29, 1.82) is 0 Å². The number of aldehydes is 1. The van der Waals surface area contributed by atoms with Gasteiger partial charge >= 0.3 is 0 Å². The lowest BCUT2D eigenvalue weighted by atomic mass is 10.1. The highest BCUT2D eigenvalue weighted by molar-refractivity contribution is 9.10. The van der Waals surface area contributed by atoms with Crippen molar-refractivity contribution in [3.8, 4) is 5.75 Å². The maximum absolute atomic E-state index is 13.3. The number of hydrogen-bond donors (Lipinski definition) is 0. The first-order valence-electron chi connectivity index (χ1n) is 5.73. The predicted molar refractivity (Wildman–Crippen MR) is 75.0 cm³/mol. The molecule has 0 N–H and O–H groups in total. The van der Waals surface area contributed by atoms with Gasteiger partial charge in [0, 0.05) is 5.56 Å². The van der Waals surface area contributed by atoms with E-state index in [1.807, 2.05) is 13.0 Å². The lowest BCUT2D eigenvalue weighted by Crippen LogP contribution is -2.00. The van der Waals surface area contributed by atoms with Crippen LogP contribution in [0.4, 0.5) is 4.39 Å². The van der Waals surface area contributed by atoms with E-state index in [2.05, 4.69) is 15.9 Å². The fraction of sp³-hybridized carbons (Fsp3) is 0.133. The van der Waals surface area contributed by atoms with Crippen molar-refractivity contribution >= 4 is 22.2 Å². The summed E-state index contributed by atoms with van der Waals surface area (Å²) in [5.74, 6) is 0.164. The molecule has 0 fully saturated rings. The fourth-order valence-electron chi connectivity index (χ4n) is 1.71. The van der Waals surface area contributed by atoms with Gasteiger partial charge in [0.1, 0.15) is 18.2 Å². The summed E-state index contributed by atoms with van der Waals surface area (Å²) < 4.78 is 19.3. The van der Waals surface area contributed by atoms with Gasteiger partial charge in [0.25, 0.3) is 0 Å². The Balaban J connectivity index is 2.19. The van der Waals surface area contributed by atoms with Crippen LogP contribution in [0.2, 0.25) is 0 Å². The summed E-state index contributed by atoms with van der Waals surface area (Å²) in [6.45, 7) is 2.10. The second kappa shape index (κ2) is 5.97. The number of hydrogen-bond acceptors (Lipinski definition) is 2. The Bertz CT molecular complexity index is 611. The molecule has 0 saturated heterocycles. The third kappa shape index (κ3) is 3.20. The third-order valence-electron chi connectivity index (χ3n) is 2.71. The second-order valence-electron chi connectivity index (χ2n) is 4.16. The average molecular weight is 323 g/mol. The molecule has 0 aromatic heterocycles. The molecule has 0 amide bonds. The normalized spacial score (nSPS) is 10.3. The first-order valence-corrected chi connectivity index (χ1v) is 6.52. The summed E-state index contributed by atoms with van der Waals surface area (Å²) in [5.41, 5.74) is 2.17. The molecular weight excluding hydrogens is 311 g/mol. The van der Waals surface area contributed by atoms with Crippen LogP contribution in [0.5, 0.6) is 5.75 Å². The van der Waals surface area contributed by atoms with Crippen molar-refractivity contribution in [3.05, 3.63) is 63.4 Å². The minimum atomic E-state index is -0.333. The van der Waals surface area contributed by atoms with Crippen LogP contribution in [0.15, 0.2) is 40.9 Å². The number of carbonyl (C=O) groups excluding carboxylic acids is 1. The molecule has 0 spiro atoms. The summed E-state index contributed by atoms with van der Waals surface area (Å²) in [6.07, 6.45) is 0.753. The standard InChI is InChI=1S/C15H12BrFO2/c1-10-5-6-14(12(7-10)8-18)19-9-11-3-2-4-13(17)15(11)16/h2-8H,9H2,1H3. The number of halogens is 2. The van der Waals surface area contributed by atoms with E-state index in [1.54, 1.807) is 24.3 Å². The number of carbonyl (C=O) groups is 1. The molecular formula is C15H12BrFO2. The van der Waals surface area contributed by atoms with Crippen molar-refractivity contribution < 1.29 is 13.9 Å². The molecule has 0 heterocycles. The van der Waals surface area contributed by atoms with Crippen LogP contribution in [-0.4, -0.2) is 6.29 Å². The largest absolute Gasteiger partial charge is 0.488 e. The monoisotopic (exact) mass is 322 g/mol. The van der Waals surface area contributed by atoms with Crippen LogP contribution in [0, 0.1) is 12.7 Å². The Morgan fingerprint density at radius 1 is 1.32 bits per heavy atom. The van der Waals surface area contributed by atoms with Crippen LogP contribution < -0.4 is 4.74 Å². The first-order chi connectivity index (χ1) is 9.11. The quantitative estimate of drug-likeness (QED) is 0.785. The van der Waals surface area contributed by atoms with Crippen LogP contribution in [0.3, 0.4) is 0 Å². The van der Waals surface area contributed by atoms with E-state index in [4.69, 9.17) is 4.74 Å². The van der Waals surface area contributed by atoms with Crippen molar-refractivity contribution in [3.63, 3.8) is 0 Å². The Kier molecular flexibility index (Phi) is 4.32. The van der Waals surface area contributed by atoms with Gasteiger partial charge in [-0.3, -0.25) is 4.79 Å². The van der Waals surface area contributed by atoms with E-state index >= 15 is 0 Å². The highest BCUT2D eigenvalue weighted by Gasteiger charge is 2.08. The van der Waals surface area contributed by atoms with E-state index in [9.17, 15) is 9.18 Å². The highest BCUT2D eigenvalue weighted by atomic mass is 79.9. The molecule has 4 heteroatoms. The lowest BCUT2D eigenvalue weighted by molar-refractivity contribution is 0.111. The fourth-order valence-corrected chi connectivity index (χ4v) is 2.09. The molecule has 2 rings (SSSR count). The van der Waals surface area contributed by atoms with E-state index in [0.29, 0.717) is 21.3 Å². The summed E-state index contributed by atoms with van der Waals surface area (Å²) in [5, 5.41) is 0. The number of ether oxygens (including phenoxy) is 1. The maximum Gasteiger partial charge on any atom is 0.153 e. The molecule has 2 nitrogen and oxygen atoms in total. The summed E-state index contributed by atoms with van der Waals surface area (Å²) >= 11 is 3.18. The number of rotatable bonds is 4. The molecule has 0 atom stereocenters. The van der Waals surface area contributed by atoms with Crippen LogP contribution in [0.1, 0.15) is 21.5 Å². The zero-order valence-electron chi connectivity index (χ0n) is 10.3. The topological polar surface area (TPSA) is 26.3 Å². The average Bonchev–Trinajstić information content (AvgIpc) is 2.41. The van der Waals surface area contributed by atoms with Gasteiger partial charge in [0.2, 0.25) is 0 Å². The zero-order valence-corrected chi connectivity index (χ0v) is 11.9. The molecule has 0 aliphatic rings.